The molecule has 54 heavy (non-hydrogen) atoms. The first-order chi connectivity index (χ1) is 25.4. The molecule has 4 heteroatoms. The summed E-state index contributed by atoms with van der Waals surface area (Å²) in [5.74, 6) is 0. The molecule has 0 saturated heterocycles. The van der Waals surface area contributed by atoms with Gasteiger partial charge >= 0.3 is 0 Å². The third-order valence-corrected chi connectivity index (χ3v) is 16.1. The predicted octanol–water partition coefficient (Wildman–Crippen LogP) is 12.8. The Labute approximate surface area is 316 Å². The number of benzene rings is 3. The monoisotopic (exact) mass is 706 g/mol. The average molecular weight is 707 g/mol. The van der Waals surface area contributed by atoms with Crippen LogP contribution < -0.4 is 0 Å². The molecule has 6 aromatic heterocycles. The second-order valence-corrected chi connectivity index (χ2v) is 22.0. The van der Waals surface area contributed by atoms with Gasteiger partial charge in [-0.25, -0.2) is 0 Å². The largest absolute Gasteiger partial charge is 0.306 e. The number of fused-ring (bicyclic) bond motifs is 24. The Morgan fingerprint density at radius 1 is 0.463 bits per heavy atom. The molecular formula is C50H50N4. The van der Waals surface area contributed by atoms with Crippen molar-refractivity contribution in [1.82, 2.24) is 18.8 Å². The quantitative estimate of drug-likeness (QED) is 0.157. The van der Waals surface area contributed by atoms with Crippen LogP contribution in [-0.2, 0) is 32.5 Å². The van der Waals surface area contributed by atoms with Crippen molar-refractivity contribution in [1.29, 1.82) is 0 Å². The summed E-state index contributed by atoms with van der Waals surface area (Å²) in [6.45, 7) is 24.2. The molecule has 13 rings (SSSR count). The zero-order valence-electron chi connectivity index (χ0n) is 33.7. The van der Waals surface area contributed by atoms with E-state index in [1.807, 2.05) is 0 Å². The maximum atomic E-state index is 5.38. The number of hydrogen-bond donors (Lipinski definition) is 0. The van der Waals surface area contributed by atoms with Gasteiger partial charge in [-0.05, 0) is 119 Å². The Balaban J connectivity index is 1.24. The van der Waals surface area contributed by atoms with Crippen molar-refractivity contribution in [3.05, 3.63) is 82.4 Å². The smallest absolute Gasteiger partial charge is 0.0728 e. The molecule has 4 aliphatic carbocycles. The summed E-state index contributed by atoms with van der Waals surface area (Å²) in [6, 6.07) is 15.2. The minimum Gasteiger partial charge on any atom is -0.306 e. The van der Waals surface area contributed by atoms with E-state index in [2.05, 4.69) is 127 Å². The topological polar surface area (TPSA) is 34.6 Å². The molecule has 2 saturated carbocycles. The lowest BCUT2D eigenvalue weighted by Crippen LogP contribution is -2.20. The van der Waals surface area contributed by atoms with Gasteiger partial charge in [-0.3, -0.25) is 9.97 Å². The second kappa shape index (κ2) is 8.52. The molecular weight excluding hydrogens is 657 g/mol. The van der Waals surface area contributed by atoms with E-state index in [4.69, 9.17) is 9.97 Å². The molecule has 4 aliphatic rings. The lowest BCUT2D eigenvalue weighted by molar-refractivity contribution is 0.478. The van der Waals surface area contributed by atoms with Crippen LogP contribution in [0.25, 0.3) is 76.2 Å². The van der Waals surface area contributed by atoms with Gasteiger partial charge in [-0.2, -0.15) is 0 Å². The van der Waals surface area contributed by atoms with Gasteiger partial charge in [-0.15, -0.1) is 0 Å². The van der Waals surface area contributed by atoms with Crippen LogP contribution in [0.1, 0.15) is 141 Å². The number of aromatic nitrogens is 4. The first-order valence-electron chi connectivity index (χ1n) is 20.7. The third-order valence-electron chi connectivity index (χ3n) is 16.1. The van der Waals surface area contributed by atoms with Gasteiger partial charge in [0.2, 0.25) is 0 Å². The molecule has 0 radical (unpaired) electrons. The molecule has 270 valence electrons. The van der Waals surface area contributed by atoms with Crippen molar-refractivity contribution >= 4 is 76.2 Å². The van der Waals surface area contributed by atoms with Gasteiger partial charge in [0.15, 0.2) is 0 Å². The van der Waals surface area contributed by atoms with Gasteiger partial charge < -0.3 is 8.80 Å². The maximum Gasteiger partial charge on any atom is 0.0728 e. The Kier molecular flexibility index (Phi) is 4.86. The van der Waals surface area contributed by atoms with Crippen molar-refractivity contribution in [2.45, 2.75) is 140 Å². The van der Waals surface area contributed by atoms with Gasteiger partial charge in [0.05, 0.1) is 56.9 Å². The highest BCUT2D eigenvalue weighted by molar-refractivity contribution is 6.30. The Bertz CT molecular complexity index is 3030. The van der Waals surface area contributed by atoms with Crippen LogP contribution in [0, 0.1) is 0 Å². The highest BCUT2D eigenvalue weighted by Gasteiger charge is 2.56. The Morgan fingerprint density at radius 3 is 1.22 bits per heavy atom. The van der Waals surface area contributed by atoms with Gasteiger partial charge in [0, 0.05) is 53.9 Å². The predicted molar refractivity (Wildman–Crippen MR) is 226 cm³/mol. The summed E-state index contributed by atoms with van der Waals surface area (Å²) >= 11 is 0. The summed E-state index contributed by atoms with van der Waals surface area (Å²) in [6.07, 6.45) is 11.9. The van der Waals surface area contributed by atoms with Crippen LogP contribution in [0.5, 0.6) is 0 Å². The molecule has 4 unspecified atom stereocenters. The van der Waals surface area contributed by atoms with Crippen LogP contribution in [0.3, 0.4) is 0 Å². The molecule has 0 aliphatic heterocycles. The van der Waals surface area contributed by atoms with Crippen molar-refractivity contribution in [3.63, 3.8) is 0 Å². The fourth-order valence-corrected chi connectivity index (χ4v) is 13.5. The minimum atomic E-state index is 0.0181. The lowest BCUT2D eigenvalue weighted by Gasteiger charge is -2.27. The zero-order chi connectivity index (χ0) is 37.0. The summed E-state index contributed by atoms with van der Waals surface area (Å²) in [5, 5.41) is 11.2. The van der Waals surface area contributed by atoms with E-state index in [9.17, 15) is 0 Å². The lowest BCUT2D eigenvalue weighted by atomic mass is 9.78. The normalized spacial score (nSPS) is 28.0. The molecule has 4 atom stereocenters. The van der Waals surface area contributed by atoms with Gasteiger partial charge in [-0.1, -0.05) is 69.2 Å². The maximum absolute atomic E-state index is 5.38. The number of nitrogens with zero attached hydrogens (tertiary/aromatic N) is 4. The van der Waals surface area contributed by atoms with Gasteiger partial charge in [0.1, 0.15) is 0 Å². The summed E-state index contributed by atoms with van der Waals surface area (Å²) in [7, 11) is 0. The average Bonchev–Trinajstić information content (AvgIpc) is 3.96. The van der Waals surface area contributed by atoms with E-state index in [1.54, 1.807) is 0 Å². The van der Waals surface area contributed by atoms with E-state index >= 15 is 0 Å². The van der Waals surface area contributed by atoms with Crippen LogP contribution in [0.15, 0.2) is 48.8 Å². The molecule has 0 spiro atoms. The number of pyridine rings is 2. The Morgan fingerprint density at radius 2 is 0.833 bits per heavy atom. The molecule has 3 aromatic carbocycles. The van der Waals surface area contributed by atoms with Crippen LogP contribution in [-0.4, -0.2) is 18.8 Å². The first kappa shape index (κ1) is 30.8. The molecule has 4 nitrogen and oxygen atoms in total. The highest BCUT2D eigenvalue weighted by Crippen LogP contribution is 2.64. The molecule has 2 fully saturated rings. The fraction of sp³-hybridized carbons (Fsp3) is 0.440. The fourth-order valence-electron chi connectivity index (χ4n) is 13.5. The molecule has 0 N–H and O–H groups in total. The van der Waals surface area contributed by atoms with E-state index in [0.29, 0.717) is 0 Å². The van der Waals surface area contributed by atoms with Crippen LogP contribution in [0.4, 0.5) is 0 Å². The van der Waals surface area contributed by atoms with Crippen molar-refractivity contribution < 1.29 is 0 Å². The Hall–Kier alpha value is -4.44. The number of hydrogen-bond acceptors (Lipinski definition) is 2. The number of rotatable bonds is 0. The summed E-state index contributed by atoms with van der Waals surface area (Å²) in [5.41, 5.74) is 17.3. The molecule has 6 heterocycles. The van der Waals surface area contributed by atoms with E-state index in [0.717, 1.165) is 0 Å². The summed E-state index contributed by atoms with van der Waals surface area (Å²) in [4.78, 5) is 10.8. The first-order valence-corrected chi connectivity index (χ1v) is 20.7. The van der Waals surface area contributed by atoms with Crippen molar-refractivity contribution in [3.8, 4) is 0 Å². The zero-order valence-corrected chi connectivity index (χ0v) is 33.7. The summed E-state index contributed by atoms with van der Waals surface area (Å²) < 4.78 is 5.21. The minimum absolute atomic E-state index is 0.0181. The standard InChI is InChI=1S/C50H50N4/c1-45(2,3)25-15-29-27-19-34-28(20-33(27)53-35-21-51-43-39(37(35)31(17-25)41(29)53)47(7)11-13-49(43,9)23-47)30-16-26(46(4,5)6)18-32-38-36(54(34)42(30)32)22-52-44-40(38)48(8)12-14-50(44,10)24-48/h15-22H,11-14,23-24H2,1-10H3. The highest BCUT2D eigenvalue weighted by atomic mass is 15.0. The van der Waals surface area contributed by atoms with Gasteiger partial charge in [0.25, 0.3) is 0 Å². The van der Waals surface area contributed by atoms with Crippen LogP contribution in [0.2, 0.25) is 0 Å². The third kappa shape index (κ3) is 3.20. The van der Waals surface area contributed by atoms with E-state index < -0.39 is 0 Å². The molecule has 4 bridgehead atoms. The van der Waals surface area contributed by atoms with Crippen LogP contribution >= 0.6 is 0 Å². The SMILES string of the molecule is CC(C)(C)c1cc2c3cc4c(cc3n3c5cnc6c(c5c(c1)c23)C1(C)CCC6(C)C1)c1cc(C(C)(C)C)cc2c3c5c(ncc3n4c12)C1(C)CCC5(C)C1. The van der Waals surface area contributed by atoms with E-state index in [-0.39, 0.29) is 32.5 Å². The molecule has 0 amide bonds. The van der Waals surface area contributed by atoms with E-state index in [1.165, 1.54) is 148 Å². The van der Waals surface area contributed by atoms with Crippen molar-refractivity contribution in [2.75, 3.05) is 0 Å². The molecule has 9 aromatic rings. The van der Waals surface area contributed by atoms with Crippen molar-refractivity contribution in [2.24, 2.45) is 0 Å². The second-order valence-electron chi connectivity index (χ2n) is 22.0.